The fraction of sp³-hybridized carbons (Fsp3) is 0.462. The van der Waals surface area contributed by atoms with E-state index in [4.69, 9.17) is 23.2 Å². The van der Waals surface area contributed by atoms with E-state index in [2.05, 4.69) is 21.2 Å². The van der Waals surface area contributed by atoms with Crippen LogP contribution in [-0.2, 0) is 0 Å². The van der Waals surface area contributed by atoms with E-state index in [1.165, 1.54) is 12.8 Å². The largest absolute Gasteiger partial charge is 0.351 e. The molecule has 2 nitrogen and oxygen atoms in total. The summed E-state index contributed by atoms with van der Waals surface area (Å²) >= 11 is 15.4. The highest BCUT2D eigenvalue weighted by Crippen LogP contribution is 2.48. The number of carbonyl (C=O) groups excluding carboxylic acids is 1. The molecule has 98 valence electrons. The Hall–Kier alpha value is -0.250. The standard InChI is InChI=1S/C13H14BrCl2NO/c14-7-6-13(4-5-13)8-17-12(18)11-9(15)2-1-3-10(11)16/h1-3H,4-8H2,(H,17,18). The van der Waals surface area contributed by atoms with Crippen LogP contribution in [0.15, 0.2) is 18.2 Å². The summed E-state index contributed by atoms with van der Waals surface area (Å²) in [5, 5.41) is 4.70. The molecule has 1 amide bonds. The number of benzene rings is 1. The topological polar surface area (TPSA) is 29.1 Å². The second-order valence-electron chi connectivity index (χ2n) is 4.72. The smallest absolute Gasteiger partial charge is 0.254 e. The molecule has 0 bridgehead atoms. The third kappa shape index (κ3) is 3.19. The predicted octanol–water partition coefficient (Wildman–Crippen LogP) is 4.29. The average molecular weight is 351 g/mol. The van der Waals surface area contributed by atoms with Crippen LogP contribution in [0.3, 0.4) is 0 Å². The van der Waals surface area contributed by atoms with Crippen LogP contribution in [0.25, 0.3) is 0 Å². The van der Waals surface area contributed by atoms with Gasteiger partial charge in [0, 0.05) is 11.9 Å². The molecule has 1 aromatic carbocycles. The van der Waals surface area contributed by atoms with Gasteiger partial charge in [-0.25, -0.2) is 0 Å². The first-order chi connectivity index (χ1) is 8.58. The molecule has 5 heteroatoms. The lowest BCUT2D eigenvalue weighted by molar-refractivity contribution is 0.0945. The molecular formula is C13H14BrCl2NO. The quantitative estimate of drug-likeness (QED) is 0.788. The van der Waals surface area contributed by atoms with Crippen LogP contribution in [0.2, 0.25) is 10.0 Å². The lowest BCUT2D eigenvalue weighted by Crippen LogP contribution is -2.30. The molecule has 1 N–H and O–H groups in total. The van der Waals surface area contributed by atoms with E-state index in [-0.39, 0.29) is 11.3 Å². The van der Waals surface area contributed by atoms with Crippen LogP contribution < -0.4 is 5.32 Å². The molecule has 1 saturated carbocycles. The molecule has 0 heterocycles. The molecule has 0 atom stereocenters. The molecule has 18 heavy (non-hydrogen) atoms. The highest BCUT2D eigenvalue weighted by Gasteiger charge is 2.41. The zero-order valence-electron chi connectivity index (χ0n) is 9.81. The van der Waals surface area contributed by atoms with Crippen molar-refractivity contribution in [3.8, 4) is 0 Å². The minimum Gasteiger partial charge on any atom is -0.351 e. The Kier molecular flexibility index (Phi) is 4.57. The third-order valence-corrected chi connectivity index (χ3v) is 4.42. The highest BCUT2D eigenvalue weighted by atomic mass is 79.9. The summed E-state index contributed by atoms with van der Waals surface area (Å²) in [5.41, 5.74) is 0.655. The summed E-state index contributed by atoms with van der Waals surface area (Å²) in [6.07, 6.45) is 3.44. The zero-order valence-corrected chi connectivity index (χ0v) is 12.9. The fourth-order valence-corrected chi connectivity index (χ4v) is 3.37. The first-order valence-corrected chi connectivity index (χ1v) is 7.74. The van der Waals surface area contributed by atoms with E-state index in [9.17, 15) is 4.79 Å². The Morgan fingerprint density at radius 2 is 1.94 bits per heavy atom. The summed E-state index contributed by atoms with van der Waals surface area (Å²) < 4.78 is 0. The Bertz CT molecular complexity index is 440. The molecule has 0 aliphatic heterocycles. The number of rotatable bonds is 5. The number of hydrogen-bond donors (Lipinski definition) is 1. The minimum absolute atomic E-state index is 0.188. The van der Waals surface area contributed by atoms with Crippen LogP contribution in [-0.4, -0.2) is 17.8 Å². The van der Waals surface area contributed by atoms with Crippen molar-refractivity contribution < 1.29 is 4.79 Å². The van der Waals surface area contributed by atoms with Gasteiger partial charge in [-0.2, -0.15) is 0 Å². The minimum atomic E-state index is -0.188. The number of nitrogens with one attached hydrogen (secondary N) is 1. The maximum atomic E-state index is 12.1. The van der Waals surface area contributed by atoms with Gasteiger partial charge in [0.15, 0.2) is 0 Å². The van der Waals surface area contributed by atoms with Crippen LogP contribution >= 0.6 is 39.1 Å². The Balaban J connectivity index is 2.00. The first kappa shape index (κ1) is 14.2. The molecule has 1 aromatic rings. The molecule has 2 rings (SSSR count). The van der Waals surface area contributed by atoms with E-state index in [0.29, 0.717) is 22.2 Å². The van der Waals surface area contributed by atoms with Crippen molar-refractivity contribution in [3.63, 3.8) is 0 Å². The van der Waals surface area contributed by atoms with Crippen molar-refractivity contribution in [2.45, 2.75) is 19.3 Å². The molecule has 0 radical (unpaired) electrons. The summed E-state index contributed by atoms with van der Waals surface area (Å²) in [6.45, 7) is 0.693. The Morgan fingerprint density at radius 3 is 2.44 bits per heavy atom. The average Bonchev–Trinajstić information content (AvgIpc) is 3.07. The lowest BCUT2D eigenvalue weighted by Gasteiger charge is -2.15. The van der Waals surface area contributed by atoms with Gasteiger partial charge >= 0.3 is 0 Å². The van der Waals surface area contributed by atoms with Gasteiger partial charge in [0.25, 0.3) is 5.91 Å². The van der Waals surface area contributed by atoms with Gasteiger partial charge in [-0.05, 0) is 36.8 Å². The van der Waals surface area contributed by atoms with Crippen LogP contribution in [0, 0.1) is 5.41 Å². The Labute approximate surface area is 125 Å². The van der Waals surface area contributed by atoms with E-state index < -0.39 is 0 Å². The number of hydrogen-bond acceptors (Lipinski definition) is 1. The van der Waals surface area contributed by atoms with Crippen molar-refractivity contribution >= 4 is 45.0 Å². The number of alkyl halides is 1. The summed E-state index contributed by atoms with van der Waals surface area (Å²) in [5.74, 6) is -0.188. The first-order valence-electron chi connectivity index (χ1n) is 5.86. The number of carbonyl (C=O) groups is 1. The third-order valence-electron chi connectivity index (χ3n) is 3.40. The van der Waals surface area contributed by atoms with Gasteiger partial charge in [0.2, 0.25) is 0 Å². The normalized spacial score (nSPS) is 16.4. The van der Waals surface area contributed by atoms with Crippen LogP contribution in [0.5, 0.6) is 0 Å². The van der Waals surface area contributed by atoms with E-state index in [1.807, 2.05) is 0 Å². The van der Waals surface area contributed by atoms with Gasteiger partial charge in [-0.3, -0.25) is 4.79 Å². The van der Waals surface area contributed by atoms with Crippen molar-refractivity contribution in [2.24, 2.45) is 5.41 Å². The number of amides is 1. The maximum Gasteiger partial charge on any atom is 0.254 e. The fourth-order valence-electron chi connectivity index (χ4n) is 1.96. The monoisotopic (exact) mass is 349 g/mol. The van der Waals surface area contributed by atoms with E-state index in [0.717, 1.165) is 11.8 Å². The molecule has 1 aliphatic rings. The van der Waals surface area contributed by atoms with Crippen molar-refractivity contribution in [3.05, 3.63) is 33.8 Å². The molecule has 0 spiro atoms. The van der Waals surface area contributed by atoms with Gasteiger partial charge in [0.05, 0.1) is 15.6 Å². The van der Waals surface area contributed by atoms with Crippen molar-refractivity contribution in [1.29, 1.82) is 0 Å². The van der Waals surface area contributed by atoms with Gasteiger partial charge in [-0.15, -0.1) is 0 Å². The summed E-state index contributed by atoms with van der Waals surface area (Å²) in [4.78, 5) is 12.1. The Morgan fingerprint density at radius 1 is 1.33 bits per heavy atom. The SMILES string of the molecule is O=C(NCC1(CCBr)CC1)c1c(Cl)cccc1Cl. The van der Waals surface area contributed by atoms with Crippen LogP contribution in [0.4, 0.5) is 0 Å². The van der Waals surface area contributed by atoms with Crippen molar-refractivity contribution in [2.75, 3.05) is 11.9 Å². The molecule has 1 fully saturated rings. The molecule has 1 aliphatic carbocycles. The molecular weight excluding hydrogens is 337 g/mol. The van der Waals surface area contributed by atoms with Crippen molar-refractivity contribution in [1.82, 2.24) is 5.32 Å². The summed E-state index contributed by atoms with van der Waals surface area (Å²) in [6, 6.07) is 5.08. The van der Waals surface area contributed by atoms with Crippen LogP contribution in [0.1, 0.15) is 29.6 Å². The lowest BCUT2D eigenvalue weighted by atomic mass is 10.0. The second kappa shape index (κ2) is 5.81. The summed E-state index contributed by atoms with van der Waals surface area (Å²) in [7, 11) is 0. The van der Waals surface area contributed by atoms with Gasteiger partial charge < -0.3 is 5.32 Å². The van der Waals surface area contributed by atoms with E-state index >= 15 is 0 Å². The maximum absolute atomic E-state index is 12.1. The van der Waals surface area contributed by atoms with Gasteiger partial charge in [-0.1, -0.05) is 45.2 Å². The zero-order chi connectivity index (χ0) is 13.2. The second-order valence-corrected chi connectivity index (χ2v) is 6.33. The van der Waals surface area contributed by atoms with E-state index in [1.54, 1.807) is 18.2 Å². The molecule has 0 aromatic heterocycles. The highest BCUT2D eigenvalue weighted by molar-refractivity contribution is 9.09. The number of halogens is 3. The van der Waals surface area contributed by atoms with Gasteiger partial charge in [0.1, 0.15) is 0 Å². The molecule has 0 unspecified atom stereocenters. The predicted molar refractivity (Wildman–Crippen MR) is 78.9 cm³/mol. The molecule has 0 saturated heterocycles.